The number of hydrogen-bond donors (Lipinski definition) is 1. The minimum absolute atomic E-state index is 0.0357. The molecule has 23 heavy (non-hydrogen) atoms. The van der Waals surface area contributed by atoms with Gasteiger partial charge in [0.15, 0.2) is 12.0 Å². The lowest BCUT2D eigenvalue weighted by atomic mass is 9.97. The van der Waals surface area contributed by atoms with E-state index in [1.54, 1.807) is 12.1 Å². The Morgan fingerprint density at radius 2 is 1.91 bits per heavy atom. The Hall–Kier alpha value is -2.42. The predicted octanol–water partition coefficient (Wildman–Crippen LogP) is 3.17. The van der Waals surface area contributed by atoms with Crippen molar-refractivity contribution in [2.24, 2.45) is 5.73 Å². The van der Waals surface area contributed by atoms with Gasteiger partial charge in [-0.2, -0.15) is 0 Å². The molecule has 1 atom stereocenters. The predicted molar refractivity (Wildman–Crippen MR) is 92.2 cm³/mol. The standard InChI is InChI=1S/C16H11IN2O4/c17-11-5-1-3-9(7-11)13-14(20)15(23-16(13)18)10-4-2-6-12(8-10)19(21)22/h1-8,15H,18H2. The summed E-state index contributed by atoms with van der Waals surface area (Å²) in [5.74, 6) is -0.265. The molecule has 0 aromatic heterocycles. The molecular weight excluding hydrogens is 411 g/mol. The molecule has 0 fully saturated rings. The van der Waals surface area contributed by atoms with Crippen LogP contribution in [-0.2, 0) is 9.53 Å². The number of rotatable bonds is 3. The van der Waals surface area contributed by atoms with E-state index in [1.165, 1.54) is 18.2 Å². The Morgan fingerprint density at radius 3 is 2.61 bits per heavy atom. The zero-order valence-corrected chi connectivity index (χ0v) is 13.9. The SMILES string of the molecule is NC1=C(c2cccc(I)c2)C(=O)C(c2cccc([N+](=O)[O-])c2)O1. The van der Waals surface area contributed by atoms with E-state index in [1.807, 2.05) is 18.2 Å². The highest BCUT2D eigenvalue weighted by Gasteiger charge is 2.36. The van der Waals surface area contributed by atoms with Gasteiger partial charge in [0.05, 0.1) is 10.5 Å². The third-order valence-electron chi connectivity index (χ3n) is 3.47. The van der Waals surface area contributed by atoms with E-state index in [0.717, 1.165) is 3.57 Å². The Balaban J connectivity index is 1.97. The third-order valence-corrected chi connectivity index (χ3v) is 4.14. The summed E-state index contributed by atoms with van der Waals surface area (Å²) in [6.07, 6.45) is -0.956. The Bertz CT molecular complexity index is 847. The highest BCUT2D eigenvalue weighted by atomic mass is 127. The van der Waals surface area contributed by atoms with E-state index < -0.39 is 11.0 Å². The van der Waals surface area contributed by atoms with Crippen LogP contribution in [-0.4, -0.2) is 10.7 Å². The van der Waals surface area contributed by atoms with Crippen LogP contribution in [0.25, 0.3) is 5.57 Å². The van der Waals surface area contributed by atoms with Gasteiger partial charge in [0, 0.05) is 21.3 Å². The van der Waals surface area contributed by atoms with E-state index in [0.29, 0.717) is 16.7 Å². The lowest BCUT2D eigenvalue weighted by Gasteiger charge is -2.10. The van der Waals surface area contributed by atoms with Gasteiger partial charge in [-0.15, -0.1) is 0 Å². The van der Waals surface area contributed by atoms with Crippen LogP contribution in [0.3, 0.4) is 0 Å². The topological polar surface area (TPSA) is 95.5 Å². The highest BCUT2D eigenvalue weighted by Crippen LogP contribution is 2.37. The second-order valence-corrected chi connectivity index (χ2v) is 6.21. The van der Waals surface area contributed by atoms with E-state index >= 15 is 0 Å². The van der Waals surface area contributed by atoms with E-state index in [4.69, 9.17) is 10.5 Å². The van der Waals surface area contributed by atoms with Crippen LogP contribution >= 0.6 is 22.6 Å². The molecule has 0 saturated heterocycles. The number of ether oxygens (including phenoxy) is 1. The lowest BCUT2D eigenvalue weighted by Crippen LogP contribution is -2.10. The highest BCUT2D eigenvalue weighted by molar-refractivity contribution is 14.1. The number of hydrogen-bond acceptors (Lipinski definition) is 5. The van der Waals surface area contributed by atoms with E-state index in [-0.39, 0.29) is 17.4 Å². The number of halogens is 1. The molecule has 2 N–H and O–H groups in total. The molecule has 1 aliphatic heterocycles. The van der Waals surface area contributed by atoms with Crippen molar-refractivity contribution in [1.82, 2.24) is 0 Å². The van der Waals surface area contributed by atoms with Gasteiger partial charge in [-0.25, -0.2) is 0 Å². The number of carbonyl (C=O) groups is 1. The first kappa shape index (κ1) is 15.5. The van der Waals surface area contributed by atoms with Crippen LogP contribution in [0, 0.1) is 13.7 Å². The summed E-state index contributed by atoms with van der Waals surface area (Å²) in [5, 5.41) is 10.9. The molecule has 1 aliphatic rings. The van der Waals surface area contributed by atoms with Crippen LogP contribution in [0.1, 0.15) is 17.2 Å². The van der Waals surface area contributed by atoms with Gasteiger partial charge in [0.2, 0.25) is 5.78 Å². The number of nitrogens with two attached hydrogens (primary N) is 1. The molecule has 0 bridgehead atoms. The molecule has 3 rings (SSSR count). The molecule has 1 heterocycles. The number of nitro benzene ring substituents is 1. The van der Waals surface area contributed by atoms with Crippen molar-refractivity contribution in [3.05, 3.63) is 79.2 Å². The first-order valence-corrected chi connectivity index (χ1v) is 7.76. The monoisotopic (exact) mass is 422 g/mol. The number of Topliss-reactive ketones (excluding diaryl/α,β-unsaturated/α-hetero) is 1. The number of nitrogens with zero attached hydrogens (tertiary/aromatic N) is 1. The van der Waals surface area contributed by atoms with Gasteiger partial charge < -0.3 is 10.5 Å². The van der Waals surface area contributed by atoms with Gasteiger partial charge in [0.25, 0.3) is 5.69 Å². The van der Waals surface area contributed by atoms with Crippen LogP contribution in [0.2, 0.25) is 0 Å². The smallest absolute Gasteiger partial charge is 0.269 e. The normalized spacial score (nSPS) is 17.3. The Kier molecular flexibility index (Phi) is 4.03. The van der Waals surface area contributed by atoms with Gasteiger partial charge >= 0.3 is 0 Å². The fourth-order valence-corrected chi connectivity index (χ4v) is 2.98. The molecule has 0 saturated carbocycles. The number of non-ortho nitro benzene ring substituents is 1. The zero-order chi connectivity index (χ0) is 16.6. The molecular formula is C16H11IN2O4. The lowest BCUT2D eigenvalue weighted by molar-refractivity contribution is -0.385. The Morgan fingerprint density at radius 1 is 1.17 bits per heavy atom. The largest absolute Gasteiger partial charge is 0.462 e. The average molecular weight is 422 g/mol. The minimum Gasteiger partial charge on any atom is -0.462 e. The number of carbonyl (C=O) groups excluding carboxylic acids is 1. The summed E-state index contributed by atoms with van der Waals surface area (Å²) in [6, 6.07) is 13.2. The number of benzene rings is 2. The summed E-state index contributed by atoms with van der Waals surface area (Å²) < 4.78 is 6.45. The molecule has 0 radical (unpaired) electrons. The van der Waals surface area contributed by atoms with Crippen molar-refractivity contribution < 1.29 is 14.5 Å². The van der Waals surface area contributed by atoms with Crippen LogP contribution in [0.15, 0.2) is 54.4 Å². The zero-order valence-electron chi connectivity index (χ0n) is 11.7. The first-order chi connectivity index (χ1) is 11.0. The minimum atomic E-state index is -0.956. The first-order valence-electron chi connectivity index (χ1n) is 6.68. The average Bonchev–Trinajstić information content (AvgIpc) is 2.82. The second-order valence-electron chi connectivity index (χ2n) is 4.96. The molecule has 2 aromatic rings. The molecule has 116 valence electrons. The third kappa shape index (κ3) is 2.91. The summed E-state index contributed by atoms with van der Waals surface area (Å²) in [5.41, 5.74) is 7.17. The second kappa shape index (κ2) is 5.99. The molecule has 7 heteroatoms. The molecule has 0 spiro atoms. The maximum Gasteiger partial charge on any atom is 0.269 e. The summed E-state index contributed by atoms with van der Waals surface area (Å²) in [4.78, 5) is 23.0. The van der Waals surface area contributed by atoms with Crippen LogP contribution in [0.4, 0.5) is 5.69 Å². The molecule has 0 amide bonds. The maximum atomic E-state index is 12.7. The van der Waals surface area contributed by atoms with Gasteiger partial charge in [-0.05, 0) is 40.3 Å². The fraction of sp³-hybridized carbons (Fsp3) is 0.0625. The molecule has 0 aliphatic carbocycles. The van der Waals surface area contributed by atoms with E-state index in [2.05, 4.69) is 22.6 Å². The van der Waals surface area contributed by atoms with Gasteiger partial charge in [-0.3, -0.25) is 14.9 Å². The number of ketones is 1. The summed E-state index contributed by atoms with van der Waals surface area (Å²) >= 11 is 2.14. The van der Waals surface area contributed by atoms with E-state index in [9.17, 15) is 14.9 Å². The molecule has 1 unspecified atom stereocenters. The summed E-state index contributed by atoms with van der Waals surface area (Å²) in [7, 11) is 0. The van der Waals surface area contributed by atoms with Gasteiger partial charge in [0.1, 0.15) is 0 Å². The maximum absolute atomic E-state index is 12.7. The number of nitro groups is 1. The molecule has 6 nitrogen and oxygen atoms in total. The van der Waals surface area contributed by atoms with Crippen molar-refractivity contribution in [2.75, 3.05) is 0 Å². The van der Waals surface area contributed by atoms with Crippen molar-refractivity contribution in [2.45, 2.75) is 6.10 Å². The van der Waals surface area contributed by atoms with Crippen LogP contribution < -0.4 is 5.73 Å². The fourth-order valence-electron chi connectivity index (χ4n) is 2.44. The van der Waals surface area contributed by atoms with Gasteiger partial charge in [-0.1, -0.05) is 24.3 Å². The van der Waals surface area contributed by atoms with Crippen molar-refractivity contribution in [1.29, 1.82) is 0 Å². The molecule has 2 aromatic carbocycles. The van der Waals surface area contributed by atoms with Crippen molar-refractivity contribution in [3.8, 4) is 0 Å². The van der Waals surface area contributed by atoms with Crippen molar-refractivity contribution >= 4 is 39.6 Å². The van der Waals surface area contributed by atoms with Crippen LogP contribution in [0.5, 0.6) is 0 Å². The quantitative estimate of drug-likeness (QED) is 0.466. The summed E-state index contributed by atoms with van der Waals surface area (Å²) in [6.45, 7) is 0. The van der Waals surface area contributed by atoms with Crippen molar-refractivity contribution in [3.63, 3.8) is 0 Å². The Labute approximate surface area is 145 Å².